The highest BCUT2D eigenvalue weighted by molar-refractivity contribution is 5.90. The lowest BCUT2D eigenvalue weighted by molar-refractivity contribution is -0.116. The number of alkyl halides is 2. The van der Waals surface area contributed by atoms with E-state index in [1.807, 2.05) is 0 Å². The summed E-state index contributed by atoms with van der Waals surface area (Å²) < 4.78 is 25.0. The molecule has 15 heavy (non-hydrogen) atoms. The molecule has 0 saturated carbocycles. The van der Waals surface area contributed by atoms with Crippen molar-refractivity contribution in [3.8, 4) is 0 Å². The van der Waals surface area contributed by atoms with Gasteiger partial charge in [-0.15, -0.1) is 0 Å². The van der Waals surface area contributed by atoms with E-state index in [9.17, 15) is 13.6 Å². The highest BCUT2D eigenvalue weighted by Crippen LogP contribution is 2.06. The predicted octanol–water partition coefficient (Wildman–Crippen LogP) is 0.435. The van der Waals surface area contributed by atoms with Crippen LogP contribution in [0.25, 0.3) is 0 Å². The van der Waals surface area contributed by atoms with Gasteiger partial charge in [-0.3, -0.25) is 9.48 Å². The SMILES string of the molecule is NCCC(=O)Nc1cnn(CC(F)F)c1. The van der Waals surface area contributed by atoms with Crippen LogP contribution in [-0.2, 0) is 11.3 Å². The van der Waals surface area contributed by atoms with Gasteiger partial charge in [0, 0.05) is 19.2 Å². The number of anilines is 1. The van der Waals surface area contributed by atoms with Crippen molar-refractivity contribution >= 4 is 11.6 Å². The van der Waals surface area contributed by atoms with Crippen LogP contribution >= 0.6 is 0 Å². The standard InChI is InChI=1S/C8H12F2N4O/c9-7(10)5-14-4-6(3-12-14)13-8(15)1-2-11/h3-4,7H,1-2,5,11H2,(H,13,15). The number of nitrogens with zero attached hydrogens (tertiary/aromatic N) is 2. The molecule has 5 nitrogen and oxygen atoms in total. The molecule has 7 heteroatoms. The maximum absolute atomic E-state index is 11.9. The highest BCUT2D eigenvalue weighted by atomic mass is 19.3. The second kappa shape index (κ2) is 5.40. The molecular formula is C8H12F2N4O. The Balaban J connectivity index is 2.49. The Morgan fingerprint density at radius 2 is 2.40 bits per heavy atom. The molecule has 0 atom stereocenters. The van der Waals surface area contributed by atoms with Gasteiger partial charge >= 0.3 is 0 Å². The Kier molecular flexibility index (Phi) is 4.17. The molecule has 0 aliphatic rings. The molecule has 0 aromatic carbocycles. The van der Waals surface area contributed by atoms with Gasteiger partial charge in [-0.25, -0.2) is 8.78 Å². The summed E-state index contributed by atoms with van der Waals surface area (Å²) >= 11 is 0. The van der Waals surface area contributed by atoms with Crippen LogP contribution in [0, 0.1) is 0 Å². The number of amides is 1. The van der Waals surface area contributed by atoms with Gasteiger partial charge in [0.15, 0.2) is 0 Å². The fourth-order valence-corrected chi connectivity index (χ4v) is 1.02. The first-order valence-electron chi connectivity index (χ1n) is 4.42. The van der Waals surface area contributed by atoms with Crippen LogP contribution in [0.2, 0.25) is 0 Å². The summed E-state index contributed by atoms with van der Waals surface area (Å²) in [5.41, 5.74) is 5.57. The quantitative estimate of drug-likeness (QED) is 0.753. The first-order valence-corrected chi connectivity index (χ1v) is 4.42. The van der Waals surface area contributed by atoms with Crippen molar-refractivity contribution in [2.75, 3.05) is 11.9 Å². The Labute approximate surface area is 85.2 Å². The summed E-state index contributed by atoms with van der Waals surface area (Å²) in [6, 6.07) is 0. The number of halogens is 2. The number of nitrogens with one attached hydrogen (secondary N) is 1. The molecule has 0 fully saturated rings. The molecule has 1 aromatic rings. The summed E-state index contributed by atoms with van der Waals surface area (Å²) in [7, 11) is 0. The minimum Gasteiger partial charge on any atom is -0.330 e. The van der Waals surface area contributed by atoms with Crippen LogP contribution in [0.1, 0.15) is 6.42 Å². The highest BCUT2D eigenvalue weighted by Gasteiger charge is 2.07. The van der Waals surface area contributed by atoms with Crippen LogP contribution in [-0.4, -0.2) is 28.7 Å². The first kappa shape index (κ1) is 11.6. The summed E-state index contributed by atoms with van der Waals surface area (Å²) in [4.78, 5) is 11.1. The van der Waals surface area contributed by atoms with Crippen molar-refractivity contribution in [3.05, 3.63) is 12.4 Å². The number of hydrogen-bond donors (Lipinski definition) is 2. The number of hydrogen-bond acceptors (Lipinski definition) is 3. The largest absolute Gasteiger partial charge is 0.330 e. The second-order valence-corrected chi connectivity index (χ2v) is 2.93. The maximum Gasteiger partial charge on any atom is 0.257 e. The molecule has 3 N–H and O–H groups in total. The second-order valence-electron chi connectivity index (χ2n) is 2.93. The lowest BCUT2D eigenvalue weighted by Crippen LogP contribution is -2.15. The van der Waals surface area contributed by atoms with E-state index in [0.29, 0.717) is 5.69 Å². The molecule has 0 radical (unpaired) electrons. The van der Waals surface area contributed by atoms with Crippen LogP contribution in [0.3, 0.4) is 0 Å². The van der Waals surface area contributed by atoms with E-state index in [1.54, 1.807) is 0 Å². The molecule has 0 spiro atoms. The maximum atomic E-state index is 11.9. The number of aromatic nitrogens is 2. The van der Waals surface area contributed by atoms with Crippen molar-refractivity contribution in [1.82, 2.24) is 9.78 Å². The van der Waals surface area contributed by atoms with Crippen LogP contribution in [0.4, 0.5) is 14.5 Å². The zero-order valence-electron chi connectivity index (χ0n) is 7.99. The fraction of sp³-hybridized carbons (Fsp3) is 0.500. The Morgan fingerprint density at radius 1 is 1.67 bits per heavy atom. The van der Waals surface area contributed by atoms with Gasteiger partial charge in [-0.2, -0.15) is 5.10 Å². The van der Waals surface area contributed by atoms with Gasteiger partial charge in [0.2, 0.25) is 5.91 Å². The van der Waals surface area contributed by atoms with Crippen molar-refractivity contribution in [1.29, 1.82) is 0 Å². The molecule has 0 saturated heterocycles. The lowest BCUT2D eigenvalue weighted by Gasteiger charge is -2.00. The fourth-order valence-electron chi connectivity index (χ4n) is 1.02. The van der Waals surface area contributed by atoms with E-state index >= 15 is 0 Å². The van der Waals surface area contributed by atoms with Crippen molar-refractivity contribution in [2.24, 2.45) is 5.73 Å². The zero-order valence-corrected chi connectivity index (χ0v) is 7.99. The summed E-state index contributed by atoms with van der Waals surface area (Å²) in [5.74, 6) is -0.255. The third-order valence-corrected chi connectivity index (χ3v) is 1.61. The lowest BCUT2D eigenvalue weighted by atomic mass is 10.4. The van der Waals surface area contributed by atoms with Gasteiger partial charge < -0.3 is 11.1 Å². The average molecular weight is 218 g/mol. The number of rotatable bonds is 5. The van der Waals surface area contributed by atoms with E-state index in [0.717, 1.165) is 4.68 Å². The minimum atomic E-state index is -2.46. The molecule has 84 valence electrons. The number of carbonyl (C=O) groups excluding carboxylic acids is 1. The number of nitrogens with two attached hydrogens (primary N) is 1. The van der Waals surface area contributed by atoms with Gasteiger partial charge in [-0.1, -0.05) is 0 Å². The third-order valence-electron chi connectivity index (χ3n) is 1.61. The van der Waals surface area contributed by atoms with E-state index in [1.165, 1.54) is 12.4 Å². The smallest absolute Gasteiger partial charge is 0.257 e. The van der Waals surface area contributed by atoms with Crippen molar-refractivity contribution in [3.63, 3.8) is 0 Å². The number of carbonyl (C=O) groups is 1. The van der Waals surface area contributed by atoms with Crippen molar-refractivity contribution < 1.29 is 13.6 Å². The Bertz CT molecular complexity index is 326. The van der Waals surface area contributed by atoms with Gasteiger partial charge in [-0.05, 0) is 0 Å². The van der Waals surface area contributed by atoms with E-state index in [2.05, 4.69) is 10.4 Å². The molecule has 0 aliphatic carbocycles. The first-order chi connectivity index (χ1) is 7.11. The van der Waals surface area contributed by atoms with E-state index in [-0.39, 0.29) is 18.9 Å². The van der Waals surface area contributed by atoms with Crippen LogP contribution < -0.4 is 11.1 Å². The summed E-state index contributed by atoms with van der Waals surface area (Å²) in [5, 5.41) is 6.15. The topological polar surface area (TPSA) is 72.9 Å². The van der Waals surface area contributed by atoms with E-state index in [4.69, 9.17) is 5.73 Å². The Morgan fingerprint density at radius 3 is 3.00 bits per heavy atom. The van der Waals surface area contributed by atoms with E-state index < -0.39 is 13.0 Å². The monoisotopic (exact) mass is 218 g/mol. The third kappa shape index (κ3) is 4.03. The summed E-state index contributed by atoms with van der Waals surface area (Å²) in [6.07, 6.45) is 0.398. The van der Waals surface area contributed by atoms with Crippen LogP contribution in [0.5, 0.6) is 0 Å². The molecule has 0 unspecified atom stereocenters. The average Bonchev–Trinajstić information content (AvgIpc) is 2.51. The molecule has 1 amide bonds. The molecule has 1 heterocycles. The minimum absolute atomic E-state index is 0.194. The molecule has 1 aromatic heterocycles. The zero-order chi connectivity index (χ0) is 11.3. The van der Waals surface area contributed by atoms with Gasteiger partial charge in [0.25, 0.3) is 6.43 Å². The Hall–Kier alpha value is -1.50. The molecule has 0 aliphatic heterocycles. The molecule has 0 bridgehead atoms. The predicted molar refractivity (Wildman–Crippen MR) is 50.5 cm³/mol. The normalized spacial score (nSPS) is 10.7. The van der Waals surface area contributed by atoms with Crippen molar-refractivity contribution in [2.45, 2.75) is 19.4 Å². The molecule has 1 rings (SSSR count). The van der Waals surface area contributed by atoms with Gasteiger partial charge in [0.05, 0.1) is 11.9 Å². The summed E-state index contributed by atoms with van der Waals surface area (Å²) in [6.45, 7) is -0.232. The molecular weight excluding hydrogens is 206 g/mol. The van der Waals surface area contributed by atoms with Gasteiger partial charge in [0.1, 0.15) is 6.54 Å². The van der Waals surface area contributed by atoms with Crippen LogP contribution in [0.15, 0.2) is 12.4 Å².